The summed E-state index contributed by atoms with van der Waals surface area (Å²) in [5.41, 5.74) is 1.62. The van der Waals surface area contributed by atoms with Gasteiger partial charge in [-0.3, -0.25) is 9.52 Å². The third-order valence-electron chi connectivity index (χ3n) is 4.55. The van der Waals surface area contributed by atoms with Crippen LogP contribution in [0.1, 0.15) is 18.9 Å². The number of amides is 1. The summed E-state index contributed by atoms with van der Waals surface area (Å²) in [4.78, 5) is 12.6. The Morgan fingerprint density at radius 1 is 0.968 bits per heavy atom. The SMILES string of the molecule is CC[C@@H](Oc1ccccc1C)C(=O)Nc1ccc(S(=O)(=O)Nc2ccc(F)cc2)cc1. The van der Waals surface area contributed by atoms with Gasteiger partial charge < -0.3 is 10.1 Å². The Bertz CT molecular complexity index is 1150. The number of aryl methyl sites for hydroxylation is 1. The number of rotatable bonds is 8. The van der Waals surface area contributed by atoms with Crippen LogP contribution in [-0.4, -0.2) is 20.4 Å². The molecule has 0 aliphatic rings. The number of carbonyl (C=O) groups excluding carboxylic acids is 1. The van der Waals surface area contributed by atoms with E-state index < -0.39 is 21.9 Å². The van der Waals surface area contributed by atoms with Gasteiger partial charge >= 0.3 is 0 Å². The topological polar surface area (TPSA) is 84.5 Å². The number of hydrogen-bond acceptors (Lipinski definition) is 4. The van der Waals surface area contributed by atoms with Crippen LogP contribution in [0.3, 0.4) is 0 Å². The van der Waals surface area contributed by atoms with E-state index in [9.17, 15) is 17.6 Å². The van der Waals surface area contributed by atoms with Crippen LogP contribution < -0.4 is 14.8 Å². The van der Waals surface area contributed by atoms with Crippen LogP contribution in [0.2, 0.25) is 0 Å². The van der Waals surface area contributed by atoms with E-state index in [0.29, 0.717) is 17.9 Å². The molecular formula is C23H23FN2O4S. The molecule has 0 aliphatic carbocycles. The number of hydrogen-bond donors (Lipinski definition) is 2. The van der Waals surface area contributed by atoms with E-state index in [2.05, 4.69) is 10.0 Å². The molecule has 0 aliphatic heterocycles. The molecule has 3 rings (SSSR count). The maximum absolute atomic E-state index is 13.0. The number of carbonyl (C=O) groups is 1. The highest BCUT2D eigenvalue weighted by atomic mass is 32.2. The van der Waals surface area contributed by atoms with Crippen LogP contribution in [0.25, 0.3) is 0 Å². The number of ether oxygens (including phenoxy) is 1. The van der Waals surface area contributed by atoms with Gasteiger partial charge in [-0.15, -0.1) is 0 Å². The van der Waals surface area contributed by atoms with Crippen LogP contribution >= 0.6 is 0 Å². The van der Waals surface area contributed by atoms with E-state index in [1.54, 1.807) is 6.07 Å². The quantitative estimate of drug-likeness (QED) is 0.528. The van der Waals surface area contributed by atoms with Crippen LogP contribution in [0, 0.1) is 12.7 Å². The molecule has 8 heteroatoms. The van der Waals surface area contributed by atoms with E-state index in [-0.39, 0.29) is 16.5 Å². The second-order valence-electron chi connectivity index (χ2n) is 6.91. The van der Waals surface area contributed by atoms with Gasteiger partial charge in [0, 0.05) is 11.4 Å². The Balaban J connectivity index is 1.67. The molecular weight excluding hydrogens is 419 g/mol. The Kier molecular flexibility index (Phi) is 6.91. The lowest BCUT2D eigenvalue weighted by molar-refractivity contribution is -0.122. The lowest BCUT2D eigenvalue weighted by atomic mass is 10.2. The predicted octanol–water partition coefficient (Wildman–Crippen LogP) is 4.73. The second-order valence-corrected chi connectivity index (χ2v) is 8.59. The van der Waals surface area contributed by atoms with Crippen molar-refractivity contribution in [1.82, 2.24) is 0 Å². The minimum atomic E-state index is -3.85. The molecule has 0 aromatic heterocycles. The van der Waals surface area contributed by atoms with E-state index in [4.69, 9.17) is 4.74 Å². The van der Waals surface area contributed by atoms with E-state index in [0.717, 1.165) is 5.56 Å². The summed E-state index contributed by atoms with van der Waals surface area (Å²) in [6.07, 6.45) is -0.224. The lowest BCUT2D eigenvalue weighted by Gasteiger charge is -2.18. The van der Waals surface area contributed by atoms with Crippen LogP contribution in [0.4, 0.5) is 15.8 Å². The zero-order valence-corrected chi connectivity index (χ0v) is 17.9. The first-order valence-corrected chi connectivity index (χ1v) is 11.2. The maximum Gasteiger partial charge on any atom is 0.265 e. The Morgan fingerprint density at radius 2 is 1.58 bits per heavy atom. The largest absolute Gasteiger partial charge is 0.480 e. The first-order valence-electron chi connectivity index (χ1n) is 9.70. The van der Waals surface area contributed by atoms with Crippen LogP contribution in [0.15, 0.2) is 77.7 Å². The van der Waals surface area contributed by atoms with Crippen LogP contribution in [-0.2, 0) is 14.8 Å². The van der Waals surface area contributed by atoms with E-state index >= 15 is 0 Å². The summed E-state index contributed by atoms with van der Waals surface area (Å²) in [5, 5.41) is 2.75. The second kappa shape index (κ2) is 9.61. The number of para-hydroxylation sites is 1. The van der Waals surface area contributed by atoms with Crippen molar-refractivity contribution < 1.29 is 22.3 Å². The monoisotopic (exact) mass is 442 g/mol. The zero-order valence-electron chi connectivity index (χ0n) is 17.1. The number of anilines is 2. The minimum absolute atomic E-state index is 0.0121. The van der Waals surface area contributed by atoms with Gasteiger partial charge in [0.05, 0.1) is 4.90 Å². The third-order valence-corrected chi connectivity index (χ3v) is 5.95. The summed E-state index contributed by atoms with van der Waals surface area (Å²) in [6.45, 7) is 3.75. The summed E-state index contributed by atoms with van der Waals surface area (Å²) in [5.74, 6) is -0.150. The van der Waals surface area contributed by atoms with Gasteiger partial charge in [0.1, 0.15) is 11.6 Å². The summed E-state index contributed by atoms with van der Waals surface area (Å²) >= 11 is 0. The fraction of sp³-hybridized carbons (Fsp3) is 0.174. The molecule has 1 amide bonds. The average Bonchev–Trinajstić information content (AvgIpc) is 2.75. The smallest absolute Gasteiger partial charge is 0.265 e. The van der Waals surface area contributed by atoms with Crippen molar-refractivity contribution in [3.8, 4) is 5.75 Å². The lowest BCUT2D eigenvalue weighted by Crippen LogP contribution is -2.32. The van der Waals surface area contributed by atoms with Crippen molar-refractivity contribution in [2.75, 3.05) is 10.0 Å². The van der Waals surface area contributed by atoms with Gasteiger partial charge in [-0.25, -0.2) is 12.8 Å². The number of nitrogens with one attached hydrogen (secondary N) is 2. The molecule has 0 saturated heterocycles. The highest BCUT2D eigenvalue weighted by Gasteiger charge is 2.20. The summed E-state index contributed by atoms with van der Waals surface area (Å²) in [6, 6.07) is 18.2. The van der Waals surface area contributed by atoms with Gasteiger partial charge in [-0.05, 0) is 73.5 Å². The number of benzene rings is 3. The van der Waals surface area contributed by atoms with Crippen molar-refractivity contribution in [1.29, 1.82) is 0 Å². The number of sulfonamides is 1. The fourth-order valence-electron chi connectivity index (χ4n) is 2.84. The van der Waals surface area contributed by atoms with Crippen molar-refractivity contribution in [3.63, 3.8) is 0 Å². The van der Waals surface area contributed by atoms with Gasteiger partial charge in [0.2, 0.25) is 0 Å². The Hall–Kier alpha value is -3.39. The molecule has 2 N–H and O–H groups in total. The zero-order chi connectivity index (χ0) is 22.4. The standard InChI is InChI=1S/C23H23FN2O4S/c1-3-21(30-22-7-5-4-6-16(22)2)23(27)25-18-12-14-20(15-13-18)31(28,29)26-19-10-8-17(24)9-11-19/h4-15,21,26H,3H2,1-2H3,(H,25,27)/t21-/m1/s1. The molecule has 0 unspecified atom stereocenters. The van der Waals surface area contributed by atoms with Crippen LogP contribution in [0.5, 0.6) is 5.75 Å². The fourth-order valence-corrected chi connectivity index (χ4v) is 3.89. The Morgan fingerprint density at radius 3 is 2.19 bits per heavy atom. The van der Waals surface area contributed by atoms with Crippen molar-refractivity contribution in [3.05, 3.63) is 84.2 Å². The normalized spacial score (nSPS) is 12.1. The Labute approximate surface area is 181 Å². The molecule has 0 heterocycles. The molecule has 3 aromatic rings. The van der Waals surface area contributed by atoms with Gasteiger partial charge in [-0.1, -0.05) is 25.1 Å². The predicted molar refractivity (Wildman–Crippen MR) is 118 cm³/mol. The summed E-state index contributed by atoms with van der Waals surface area (Å²) < 4.78 is 46.2. The first kappa shape index (κ1) is 22.3. The summed E-state index contributed by atoms with van der Waals surface area (Å²) in [7, 11) is -3.85. The third kappa shape index (κ3) is 5.82. The molecule has 0 spiro atoms. The minimum Gasteiger partial charge on any atom is -0.480 e. The molecule has 0 bridgehead atoms. The highest BCUT2D eigenvalue weighted by Crippen LogP contribution is 2.21. The number of halogens is 1. The van der Waals surface area contributed by atoms with E-state index in [1.165, 1.54) is 48.5 Å². The maximum atomic E-state index is 13.0. The highest BCUT2D eigenvalue weighted by molar-refractivity contribution is 7.92. The molecule has 162 valence electrons. The van der Waals surface area contributed by atoms with E-state index in [1.807, 2.05) is 32.0 Å². The van der Waals surface area contributed by atoms with Crippen molar-refractivity contribution >= 4 is 27.3 Å². The molecule has 0 saturated carbocycles. The average molecular weight is 443 g/mol. The van der Waals surface area contributed by atoms with Gasteiger partial charge in [0.25, 0.3) is 15.9 Å². The molecule has 31 heavy (non-hydrogen) atoms. The van der Waals surface area contributed by atoms with Crippen molar-refractivity contribution in [2.45, 2.75) is 31.3 Å². The molecule has 3 aromatic carbocycles. The molecule has 0 fully saturated rings. The molecule has 1 atom stereocenters. The molecule has 0 radical (unpaired) electrons. The molecule has 6 nitrogen and oxygen atoms in total. The van der Waals surface area contributed by atoms with Gasteiger partial charge in [-0.2, -0.15) is 0 Å². The first-order chi connectivity index (χ1) is 14.8. The van der Waals surface area contributed by atoms with Gasteiger partial charge in [0.15, 0.2) is 6.10 Å². The van der Waals surface area contributed by atoms with Crippen molar-refractivity contribution in [2.24, 2.45) is 0 Å².